The normalized spacial score (nSPS) is 17.3. The van der Waals surface area contributed by atoms with Crippen LogP contribution >= 0.6 is 12.4 Å². The molecule has 0 bridgehead atoms. The molecule has 1 fully saturated rings. The Hall–Kier alpha value is -4.56. The summed E-state index contributed by atoms with van der Waals surface area (Å²) >= 11 is 0. The minimum absolute atomic E-state index is 0. The molecule has 6 N–H and O–H groups in total. The molecular weight excluding hydrogens is 705 g/mol. The van der Waals surface area contributed by atoms with Gasteiger partial charge in [0.05, 0.1) is 22.1 Å². The Morgan fingerprint density at radius 2 is 1.56 bits per heavy atom. The number of nitrogens with one attached hydrogen (secondary N) is 2. The summed E-state index contributed by atoms with van der Waals surface area (Å²) in [6.07, 6.45) is -3.40. The van der Waals surface area contributed by atoms with Gasteiger partial charge in [-0.1, -0.05) is 38.1 Å². The van der Waals surface area contributed by atoms with Crippen molar-refractivity contribution >= 4 is 52.0 Å². The number of alkyl halides is 5. The maximum Gasteiger partial charge on any atom is 0.461 e. The van der Waals surface area contributed by atoms with Crippen LogP contribution in [0.5, 0.6) is 0 Å². The molecule has 1 saturated carbocycles. The van der Waals surface area contributed by atoms with Crippen LogP contribution in [0, 0.1) is 18.8 Å². The first-order valence-electron chi connectivity index (χ1n) is 16.9. The fraction of sp³-hybridized carbons (Fsp3) is 0.405. The van der Waals surface area contributed by atoms with Gasteiger partial charge >= 0.3 is 12.1 Å². The second-order valence-electron chi connectivity index (χ2n) is 13.8. The van der Waals surface area contributed by atoms with Crippen molar-refractivity contribution in [3.63, 3.8) is 0 Å². The number of benzene rings is 3. The van der Waals surface area contributed by atoms with Crippen molar-refractivity contribution in [3.05, 3.63) is 77.4 Å². The summed E-state index contributed by atoms with van der Waals surface area (Å²) in [6.45, 7) is 6.63. The average molecular weight is 746 g/mol. The maximum atomic E-state index is 14.3. The predicted molar refractivity (Wildman–Crippen MR) is 192 cm³/mol. The zero-order chi connectivity index (χ0) is 36.8. The lowest BCUT2D eigenvalue weighted by molar-refractivity contribution is -0.292. The molecule has 0 radical (unpaired) electrons. The Kier molecular flexibility index (Phi) is 11.0. The van der Waals surface area contributed by atoms with Crippen LogP contribution < -0.4 is 16.4 Å². The molecule has 6 rings (SSSR count). The highest BCUT2D eigenvalue weighted by Gasteiger charge is 2.61. The maximum absolute atomic E-state index is 14.3. The van der Waals surface area contributed by atoms with E-state index >= 15 is 0 Å². The van der Waals surface area contributed by atoms with Gasteiger partial charge in [0.2, 0.25) is 11.8 Å². The van der Waals surface area contributed by atoms with E-state index in [9.17, 15) is 31.5 Å². The summed E-state index contributed by atoms with van der Waals surface area (Å²) in [5, 5.41) is 0. The first-order valence-corrected chi connectivity index (χ1v) is 16.9. The third kappa shape index (κ3) is 7.49. The van der Waals surface area contributed by atoms with E-state index in [4.69, 9.17) is 16.5 Å². The van der Waals surface area contributed by atoms with Gasteiger partial charge in [-0.3, -0.25) is 14.5 Å². The Morgan fingerprint density at radius 3 is 2.15 bits per heavy atom. The standard InChI is InChI=1S/C37H40F5N7O2.ClH/c1-19(2)33-45-28-14-20(3)26(17-30(28)46-33)23-8-4-21(5-9-23)15-31(32(44)50)49(34(51)24-10-6-22(18-43)7-11-24)25-12-13-27-29(16-25)48-35(47-27)36(38,39)37(40,41)42;/h4-5,8-9,12-14,16-17,19,22,24,31H,6-7,10-11,15,18,43H2,1-3H3,(H2,44,50)(H,45,46)(H,47,48);1H/t22?,24?,31-;/m0./s1. The van der Waals surface area contributed by atoms with Gasteiger partial charge in [-0.25, -0.2) is 9.97 Å². The quantitative estimate of drug-likeness (QED) is 0.108. The number of hydrogen-bond donors (Lipinski definition) is 4. The van der Waals surface area contributed by atoms with Crippen molar-refractivity contribution in [3.8, 4) is 11.1 Å². The van der Waals surface area contributed by atoms with Gasteiger partial charge < -0.3 is 21.4 Å². The van der Waals surface area contributed by atoms with Crippen LogP contribution in [0.3, 0.4) is 0 Å². The lowest BCUT2D eigenvalue weighted by atomic mass is 9.81. The lowest BCUT2D eigenvalue weighted by Gasteiger charge is -2.35. The van der Waals surface area contributed by atoms with Gasteiger partial charge in [0, 0.05) is 23.9 Å². The van der Waals surface area contributed by atoms with Crippen molar-refractivity contribution in [2.75, 3.05) is 11.4 Å². The zero-order valence-electron chi connectivity index (χ0n) is 28.9. The Balaban J connectivity index is 0.00000523. The molecule has 0 spiro atoms. The zero-order valence-corrected chi connectivity index (χ0v) is 29.7. The van der Waals surface area contributed by atoms with Gasteiger partial charge in [-0.2, -0.15) is 22.0 Å². The molecule has 1 atom stereocenters. The van der Waals surface area contributed by atoms with E-state index in [-0.39, 0.29) is 47.4 Å². The number of anilines is 1. The highest BCUT2D eigenvalue weighted by Crippen LogP contribution is 2.43. The van der Waals surface area contributed by atoms with Gasteiger partial charge in [0.1, 0.15) is 11.9 Å². The number of aromatic nitrogens is 4. The number of amides is 2. The number of H-pyrrole nitrogens is 2. The molecule has 0 saturated heterocycles. The minimum Gasteiger partial charge on any atom is -0.368 e. The van der Waals surface area contributed by atoms with Crippen molar-refractivity contribution < 1.29 is 31.5 Å². The summed E-state index contributed by atoms with van der Waals surface area (Å²) in [6, 6.07) is 14.2. The first-order chi connectivity index (χ1) is 24.1. The lowest BCUT2D eigenvalue weighted by Crippen LogP contribution is -2.52. The summed E-state index contributed by atoms with van der Waals surface area (Å²) in [5.41, 5.74) is 17.0. The average Bonchev–Trinajstić information content (AvgIpc) is 3.72. The number of halogens is 6. The number of primary amides is 1. The Morgan fingerprint density at radius 1 is 0.904 bits per heavy atom. The molecule has 3 aromatic carbocycles. The topological polar surface area (TPSA) is 147 Å². The number of fused-ring (bicyclic) bond motifs is 2. The third-order valence-corrected chi connectivity index (χ3v) is 9.89. The monoisotopic (exact) mass is 745 g/mol. The number of nitrogens with zero attached hydrogens (tertiary/aromatic N) is 3. The molecule has 9 nitrogen and oxygen atoms in total. The van der Waals surface area contributed by atoms with E-state index < -0.39 is 41.7 Å². The molecule has 278 valence electrons. The Bertz CT molecular complexity index is 2070. The van der Waals surface area contributed by atoms with Crippen LogP contribution in [-0.4, -0.2) is 50.5 Å². The third-order valence-electron chi connectivity index (χ3n) is 9.89. The molecule has 0 unspecified atom stereocenters. The molecule has 0 aliphatic heterocycles. The number of aromatic amines is 2. The number of carbonyl (C=O) groups excluding carboxylic acids is 2. The number of carbonyl (C=O) groups is 2. The van der Waals surface area contributed by atoms with Gasteiger partial charge in [0.15, 0.2) is 5.82 Å². The highest BCUT2D eigenvalue weighted by molar-refractivity contribution is 6.02. The van der Waals surface area contributed by atoms with Gasteiger partial charge in [-0.05, 0) is 97.7 Å². The predicted octanol–water partition coefficient (Wildman–Crippen LogP) is 7.81. The molecule has 2 aromatic heterocycles. The number of rotatable bonds is 10. The molecule has 2 amide bonds. The highest BCUT2D eigenvalue weighted by atomic mass is 35.5. The fourth-order valence-corrected chi connectivity index (χ4v) is 6.87. The van der Waals surface area contributed by atoms with E-state index in [0.717, 1.165) is 33.5 Å². The molecule has 2 heterocycles. The number of hydrogen-bond acceptors (Lipinski definition) is 5. The van der Waals surface area contributed by atoms with E-state index in [0.29, 0.717) is 37.8 Å². The Labute approximate surface area is 303 Å². The SMILES string of the molecule is Cc1cc2[nH]c(C(C)C)nc2cc1-c1ccc(C[C@@H](C(N)=O)N(C(=O)C2CCC(CN)CC2)c2ccc3nc(C(F)(F)C(F)(F)F)[nH]c3c2)cc1.Cl. The van der Waals surface area contributed by atoms with E-state index in [1.54, 1.807) is 0 Å². The first kappa shape index (κ1) is 38.7. The van der Waals surface area contributed by atoms with E-state index in [1.807, 2.05) is 37.3 Å². The fourth-order valence-electron chi connectivity index (χ4n) is 6.87. The summed E-state index contributed by atoms with van der Waals surface area (Å²) in [4.78, 5) is 42.4. The number of imidazole rings is 2. The molecule has 52 heavy (non-hydrogen) atoms. The molecule has 1 aliphatic carbocycles. The van der Waals surface area contributed by atoms with E-state index in [2.05, 4.69) is 34.9 Å². The van der Waals surface area contributed by atoms with Crippen LogP contribution in [0.2, 0.25) is 0 Å². The second-order valence-corrected chi connectivity index (χ2v) is 13.8. The molecule has 15 heteroatoms. The molecule has 5 aromatic rings. The van der Waals surface area contributed by atoms with Crippen molar-refractivity contribution in [1.29, 1.82) is 0 Å². The molecule has 1 aliphatic rings. The van der Waals surface area contributed by atoms with Crippen LogP contribution in [0.15, 0.2) is 54.6 Å². The van der Waals surface area contributed by atoms with Crippen molar-refractivity contribution in [2.45, 2.75) is 76.9 Å². The summed E-state index contributed by atoms with van der Waals surface area (Å²) in [5.74, 6) is -7.09. The van der Waals surface area contributed by atoms with Crippen LogP contribution in [-0.2, 0) is 21.9 Å². The largest absolute Gasteiger partial charge is 0.461 e. The second kappa shape index (κ2) is 14.8. The van der Waals surface area contributed by atoms with Gasteiger partial charge in [-0.15, -0.1) is 12.4 Å². The summed E-state index contributed by atoms with van der Waals surface area (Å²) in [7, 11) is 0. The van der Waals surface area contributed by atoms with Crippen molar-refractivity contribution in [1.82, 2.24) is 19.9 Å². The van der Waals surface area contributed by atoms with Gasteiger partial charge in [0.25, 0.3) is 0 Å². The number of nitrogens with two attached hydrogens (primary N) is 2. The van der Waals surface area contributed by atoms with Crippen molar-refractivity contribution in [2.24, 2.45) is 23.3 Å². The smallest absolute Gasteiger partial charge is 0.368 e. The molecular formula is C37H41ClF5N7O2. The van der Waals surface area contributed by atoms with E-state index in [1.165, 1.54) is 23.1 Å². The number of aryl methyl sites for hydroxylation is 1. The van der Waals surface area contributed by atoms with Crippen LogP contribution in [0.25, 0.3) is 33.2 Å². The van der Waals surface area contributed by atoms with Crippen LogP contribution in [0.1, 0.15) is 68.2 Å². The minimum atomic E-state index is -5.87. The summed E-state index contributed by atoms with van der Waals surface area (Å²) < 4.78 is 67.7. The van der Waals surface area contributed by atoms with Crippen LogP contribution in [0.4, 0.5) is 27.6 Å².